The summed E-state index contributed by atoms with van der Waals surface area (Å²) in [5, 5.41) is 27.0. The second kappa shape index (κ2) is 7.85. The van der Waals surface area contributed by atoms with Crippen molar-refractivity contribution in [2.24, 2.45) is 5.16 Å². The van der Waals surface area contributed by atoms with Gasteiger partial charge in [0.2, 0.25) is 5.95 Å². The van der Waals surface area contributed by atoms with Gasteiger partial charge < -0.3 is 26.1 Å². The first-order chi connectivity index (χ1) is 13.8. The summed E-state index contributed by atoms with van der Waals surface area (Å²) >= 11 is 3.41. The first kappa shape index (κ1) is 20.0. The molecular weight excluding hydrogens is 445 g/mol. The summed E-state index contributed by atoms with van der Waals surface area (Å²) in [6.45, 7) is 1.81. The van der Waals surface area contributed by atoms with Crippen LogP contribution in [0, 0.1) is 12.7 Å². The van der Waals surface area contributed by atoms with E-state index in [9.17, 15) is 14.6 Å². The highest BCUT2D eigenvalue weighted by molar-refractivity contribution is 9.10. The molecule has 2 heterocycles. The van der Waals surface area contributed by atoms with Gasteiger partial charge in [-0.3, -0.25) is 0 Å². The van der Waals surface area contributed by atoms with E-state index in [1.54, 1.807) is 6.07 Å². The second-order valence-corrected chi connectivity index (χ2v) is 8.18. The molecule has 1 aliphatic carbocycles. The number of nitrogen functional groups attached to an aromatic ring is 1. The summed E-state index contributed by atoms with van der Waals surface area (Å²) in [6, 6.07) is 4.25. The van der Waals surface area contributed by atoms with Crippen molar-refractivity contribution in [2.45, 2.75) is 50.5 Å². The number of oxime groups is 1. The maximum absolute atomic E-state index is 13.5. The topological polar surface area (TPSA) is 126 Å². The van der Waals surface area contributed by atoms with Gasteiger partial charge in [-0.2, -0.15) is 0 Å². The van der Waals surface area contributed by atoms with E-state index < -0.39 is 18.3 Å². The zero-order chi connectivity index (χ0) is 20.7. The lowest BCUT2D eigenvalue weighted by Crippen LogP contribution is -2.38. The van der Waals surface area contributed by atoms with Crippen LogP contribution in [0.25, 0.3) is 0 Å². The van der Waals surface area contributed by atoms with Crippen LogP contribution in [0.4, 0.5) is 10.3 Å². The normalized spacial score (nSPS) is 27.6. The number of nitrogens with zero attached hydrogens (tertiary/aromatic N) is 3. The van der Waals surface area contributed by atoms with Crippen LogP contribution in [0.15, 0.2) is 27.8 Å². The fourth-order valence-corrected chi connectivity index (χ4v) is 4.43. The largest absolute Gasteiger partial charge is 0.391 e. The predicted octanol–water partition coefficient (Wildman–Crippen LogP) is 1.72. The number of nitrogens with one attached hydrogen (secondary N) is 1. The molecule has 0 amide bonds. The minimum absolute atomic E-state index is 0.169. The number of halogens is 2. The fraction of sp³-hybridized carbons (Fsp3) is 0.421. The van der Waals surface area contributed by atoms with Crippen LogP contribution in [0.2, 0.25) is 0 Å². The van der Waals surface area contributed by atoms with E-state index in [4.69, 9.17) is 10.6 Å². The highest BCUT2D eigenvalue weighted by atomic mass is 79.9. The molecule has 4 atom stereocenters. The third kappa shape index (κ3) is 4.05. The number of benzene rings is 1. The minimum Gasteiger partial charge on any atom is -0.391 e. The van der Waals surface area contributed by atoms with Crippen molar-refractivity contribution in [3.63, 3.8) is 0 Å². The van der Waals surface area contributed by atoms with Crippen LogP contribution >= 0.6 is 15.9 Å². The number of aliphatic hydroxyl groups is 2. The Bertz CT molecular complexity index is 963. The Balaban J connectivity index is 1.68. The highest BCUT2D eigenvalue weighted by Gasteiger charge is 2.34. The number of nitrogens with two attached hydrogens (primary N) is 1. The molecule has 1 aromatic carbocycles. The fourth-order valence-electron chi connectivity index (χ4n) is 3.80. The molecule has 1 aliphatic heterocycles. The monoisotopic (exact) mass is 465 g/mol. The van der Waals surface area contributed by atoms with Crippen molar-refractivity contribution in [2.75, 3.05) is 5.73 Å². The number of hydrogen-bond acceptors (Lipinski definition) is 7. The van der Waals surface area contributed by atoms with Crippen molar-refractivity contribution >= 4 is 27.7 Å². The van der Waals surface area contributed by atoms with E-state index in [0.717, 1.165) is 5.56 Å². The molecular formula is C19H21BrFN5O3. The Morgan fingerprint density at radius 1 is 1.28 bits per heavy atom. The lowest BCUT2D eigenvalue weighted by Gasteiger charge is -2.29. The molecule has 2 aliphatic rings. The van der Waals surface area contributed by atoms with E-state index in [1.807, 2.05) is 6.92 Å². The number of hydrogen-bond donors (Lipinski definition) is 4. The van der Waals surface area contributed by atoms with E-state index in [-0.39, 0.29) is 17.8 Å². The Kier molecular flexibility index (Phi) is 5.41. The van der Waals surface area contributed by atoms with Crippen LogP contribution in [0.3, 0.4) is 0 Å². The van der Waals surface area contributed by atoms with Gasteiger partial charge in [0.05, 0.1) is 35.2 Å². The molecule has 0 bridgehead atoms. The number of aryl methyl sites for hydroxylation is 1. The van der Waals surface area contributed by atoms with Gasteiger partial charge in [0.15, 0.2) is 5.84 Å². The highest BCUT2D eigenvalue weighted by Crippen LogP contribution is 2.32. The Morgan fingerprint density at radius 2 is 2.00 bits per heavy atom. The molecule has 5 N–H and O–H groups in total. The Hall–Kier alpha value is -2.30. The van der Waals surface area contributed by atoms with Crippen molar-refractivity contribution < 1.29 is 19.4 Å². The molecule has 0 saturated heterocycles. The van der Waals surface area contributed by atoms with Crippen molar-refractivity contribution in [3.8, 4) is 0 Å². The van der Waals surface area contributed by atoms with Gasteiger partial charge in [0.25, 0.3) is 0 Å². The summed E-state index contributed by atoms with van der Waals surface area (Å²) in [5.41, 5.74) is 8.75. The van der Waals surface area contributed by atoms with Gasteiger partial charge in [0, 0.05) is 23.7 Å². The van der Waals surface area contributed by atoms with Gasteiger partial charge in [-0.1, -0.05) is 27.2 Å². The summed E-state index contributed by atoms with van der Waals surface area (Å²) in [5.74, 6) is 0.262. The lowest BCUT2D eigenvalue weighted by molar-refractivity contribution is 0.0438. The van der Waals surface area contributed by atoms with E-state index in [0.29, 0.717) is 46.5 Å². The summed E-state index contributed by atoms with van der Waals surface area (Å²) < 4.78 is 14.1. The number of rotatable bonds is 3. The lowest BCUT2D eigenvalue weighted by atomic mass is 9.94. The zero-order valence-electron chi connectivity index (χ0n) is 15.6. The summed E-state index contributed by atoms with van der Waals surface area (Å²) in [6.07, 6.45) is -0.929. The zero-order valence-corrected chi connectivity index (χ0v) is 17.2. The molecule has 10 heteroatoms. The van der Waals surface area contributed by atoms with Crippen LogP contribution in [0.1, 0.15) is 41.4 Å². The van der Waals surface area contributed by atoms with Gasteiger partial charge in [-0.15, -0.1) is 0 Å². The van der Waals surface area contributed by atoms with Crippen molar-refractivity contribution in [1.82, 2.24) is 15.3 Å². The summed E-state index contributed by atoms with van der Waals surface area (Å²) in [7, 11) is 0. The molecule has 1 unspecified atom stereocenters. The SMILES string of the molecule is Cc1nc(N)nc2c1/C(=N/OC1C[C@@H](O)[C@@H](O)C1)N[C@@H](c1ccc(F)cc1Br)C2. The van der Waals surface area contributed by atoms with Gasteiger partial charge in [-0.05, 0) is 24.6 Å². The number of amidine groups is 1. The molecule has 0 spiro atoms. The molecule has 1 fully saturated rings. The van der Waals surface area contributed by atoms with Crippen LogP contribution < -0.4 is 11.1 Å². The van der Waals surface area contributed by atoms with Gasteiger partial charge in [0.1, 0.15) is 11.9 Å². The number of aliphatic hydroxyl groups excluding tert-OH is 2. The molecule has 0 radical (unpaired) electrons. The molecule has 4 rings (SSSR count). The van der Waals surface area contributed by atoms with Crippen molar-refractivity contribution in [3.05, 3.63) is 51.0 Å². The molecule has 8 nitrogen and oxygen atoms in total. The average Bonchev–Trinajstić information content (AvgIpc) is 2.96. The van der Waals surface area contributed by atoms with Crippen LogP contribution in [-0.2, 0) is 11.3 Å². The quantitative estimate of drug-likeness (QED) is 0.508. The third-order valence-electron chi connectivity index (χ3n) is 5.21. The summed E-state index contributed by atoms with van der Waals surface area (Å²) in [4.78, 5) is 14.2. The first-order valence-electron chi connectivity index (χ1n) is 9.26. The van der Waals surface area contributed by atoms with Gasteiger partial charge in [-0.25, -0.2) is 14.4 Å². The molecule has 2 aromatic rings. The smallest absolute Gasteiger partial charge is 0.220 e. The average molecular weight is 466 g/mol. The Labute approximate surface area is 175 Å². The molecule has 1 aromatic heterocycles. The van der Waals surface area contributed by atoms with Gasteiger partial charge >= 0.3 is 0 Å². The maximum atomic E-state index is 13.5. The first-order valence-corrected chi connectivity index (χ1v) is 10.1. The van der Waals surface area contributed by atoms with E-state index in [2.05, 4.69) is 36.4 Å². The minimum atomic E-state index is -0.820. The number of anilines is 1. The molecule has 29 heavy (non-hydrogen) atoms. The van der Waals surface area contributed by atoms with Crippen LogP contribution in [0.5, 0.6) is 0 Å². The number of aromatic nitrogens is 2. The van der Waals surface area contributed by atoms with Crippen molar-refractivity contribution in [1.29, 1.82) is 0 Å². The molecule has 1 saturated carbocycles. The third-order valence-corrected chi connectivity index (χ3v) is 5.90. The van der Waals surface area contributed by atoms with Crippen LogP contribution in [-0.4, -0.2) is 44.3 Å². The predicted molar refractivity (Wildman–Crippen MR) is 108 cm³/mol. The number of fused-ring (bicyclic) bond motifs is 1. The van der Waals surface area contributed by atoms with E-state index in [1.165, 1.54) is 12.1 Å². The Morgan fingerprint density at radius 3 is 2.69 bits per heavy atom. The maximum Gasteiger partial charge on any atom is 0.220 e. The van der Waals surface area contributed by atoms with E-state index >= 15 is 0 Å². The standard InChI is InChI=1S/C19H21BrFN5O3/c1-8-17-14(25-19(22)23-8)7-13(11-3-2-9(21)4-12(11)20)24-18(17)26-29-10-5-15(27)16(28)6-10/h2-4,10,13,15-16,27-28H,5-7H2,1H3,(H,24,26)(H2,22,23,25)/t10?,13-,15-,16+/m1/s1. The second-order valence-electron chi connectivity index (χ2n) is 7.33. The molecule has 154 valence electrons.